The van der Waals surface area contributed by atoms with Gasteiger partial charge in [-0.25, -0.2) is 9.97 Å². The maximum atomic E-state index is 9.35. The van der Waals surface area contributed by atoms with Crippen LogP contribution in [0.15, 0.2) is 60.7 Å². The molecular formula is C22H12Cl2IN3. The van der Waals surface area contributed by atoms with E-state index in [2.05, 4.69) is 38.6 Å². The highest BCUT2D eigenvalue weighted by molar-refractivity contribution is 14.1. The van der Waals surface area contributed by atoms with Crippen LogP contribution in [0, 0.1) is 14.9 Å². The molecule has 0 aliphatic rings. The van der Waals surface area contributed by atoms with Crippen LogP contribution in [0.5, 0.6) is 0 Å². The molecular weight excluding hydrogens is 504 g/mol. The Morgan fingerprint density at radius 1 is 0.929 bits per heavy atom. The molecule has 0 N–H and O–H groups in total. The summed E-state index contributed by atoms with van der Waals surface area (Å²) in [4.78, 5) is 8.96. The predicted molar refractivity (Wildman–Crippen MR) is 122 cm³/mol. The molecule has 0 fully saturated rings. The van der Waals surface area contributed by atoms with Crippen molar-refractivity contribution < 1.29 is 0 Å². The summed E-state index contributed by atoms with van der Waals surface area (Å²) in [6, 6.07) is 21.8. The summed E-state index contributed by atoms with van der Waals surface area (Å²) in [7, 11) is 0. The van der Waals surface area contributed by atoms with Crippen LogP contribution in [0.4, 0.5) is 0 Å². The average molecular weight is 516 g/mol. The summed E-state index contributed by atoms with van der Waals surface area (Å²) in [5.74, 6) is 0. The van der Waals surface area contributed by atoms with Crippen LogP contribution in [0.3, 0.4) is 0 Å². The molecule has 0 saturated heterocycles. The first-order valence-electron chi connectivity index (χ1n) is 8.45. The molecule has 0 atom stereocenters. The zero-order valence-corrected chi connectivity index (χ0v) is 18.1. The minimum absolute atomic E-state index is 0.170. The van der Waals surface area contributed by atoms with Crippen molar-refractivity contribution in [1.29, 1.82) is 5.26 Å². The molecule has 0 aliphatic heterocycles. The number of hydrogen-bond donors (Lipinski definition) is 0. The third-order valence-corrected chi connectivity index (χ3v) is 5.55. The van der Waals surface area contributed by atoms with Gasteiger partial charge in [0.2, 0.25) is 5.28 Å². The molecule has 28 heavy (non-hydrogen) atoms. The van der Waals surface area contributed by atoms with Gasteiger partial charge in [0, 0.05) is 19.5 Å². The summed E-state index contributed by atoms with van der Waals surface area (Å²) in [5.41, 5.74) is 5.15. The normalized spacial score (nSPS) is 10.8. The summed E-state index contributed by atoms with van der Waals surface area (Å²) >= 11 is 14.7. The molecule has 3 nitrogen and oxygen atoms in total. The summed E-state index contributed by atoms with van der Waals surface area (Å²) in [6.07, 6.45) is 0.287. The first-order chi connectivity index (χ1) is 13.6. The van der Waals surface area contributed by atoms with Crippen LogP contribution in [-0.4, -0.2) is 9.97 Å². The number of fused-ring (bicyclic) bond motifs is 1. The number of hydrogen-bond acceptors (Lipinski definition) is 3. The van der Waals surface area contributed by atoms with Gasteiger partial charge in [-0.3, -0.25) is 0 Å². The number of aromatic nitrogens is 2. The second-order valence-electron chi connectivity index (χ2n) is 6.19. The fourth-order valence-corrected chi connectivity index (χ4v) is 3.99. The lowest BCUT2D eigenvalue weighted by molar-refractivity contribution is 1.21. The van der Waals surface area contributed by atoms with E-state index >= 15 is 0 Å². The Bertz CT molecular complexity index is 1230. The minimum Gasteiger partial charge on any atom is -0.218 e. The van der Waals surface area contributed by atoms with Gasteiger partial charge in [-0.15, -0.1) is 0 Å². The Labute approximate surface area is 186 Å². The number of nitriles is 1. The fraction of sp³-hybridized carbons (Fsp3) is 0.0455. The maximum Gasteiger partial charge on any atom is 0.223 e. The van der Waals surface area contributed by atoms with E-state index in [1.165, 1.54) is 0 Å². The van der Waals surface area contributed by atoms with Gasteiger partial charge in [-0.05, 0) is 81.2 Å². The van der Waals surface area contributed by atoms with Crippen molar-refractivity contribution in [1.82, 2.24) is 9.97 Å². The van der Waals surface area contributed by atoms with Crippen molar-refractivity contribution in [3.05, 3.63) is 80.1 Å². The molecule has 6 heteroatoms. The molecule has 0 radical (unpaired) electrons. The summed E-state index contributed by atoms with van der Waals surface area (Å²) < 4.78 is 1.14. The van der Waals surface area contributed by atoms with Gasteiger partial charge in [0.15, 0.2) is 0 Å². The fourth-order valence-electron chi connectivity index (χ4n) is 3.26. The Hall–Kier alpha value is -2.20. The Morgan fingerprint density at radius 3 is 2.43 bits per heavy atom. The zero-order valence-electron chi connectivity index (χ0n) is 14.5. The molecule has 0 saturated carbocycles. The van der Waals surface area contributed by atoms with Gasteiger partial charge < -0.3 is 0 Å². The Kier molecular flexibility index (Phi) is 5.49. The lowest BCUT2D eigenvalue weighted by Gasteiger charge is -2.15. The van der Waals surface area contributed by atoms with E-state index < -0.39 is 0 Å². The van der Waals surface area contributed by atoms with E-state index in [0.717, 1.165) is 36.7 Å². The number of nitrogens with zero attached hydrogens (tertiary/aromatic N) is 3. The molecule has 0 bridgehead atoms. The highest BCUT2D eigenvalue weighted by Crippen LogP contribution is 2.38. The molecule has 136 valence electrons. The lowest BCUT2D eigenvalue weighted by Crippen LogP contribution is -1.97. The van der Waals surface area contributed by atoms with Crippen molar-refractivity contribution in [2.75, 3.05) is 0 Å². The average Bonchev–Trinajstić information content (AvgIpc) is 2.68. The van der Waals surface area contributed by atoms with E-state index in [1.54, 1.807) is 0 Å². The smallest absolute Gasteiger partial charge is 0.218 e. The molecule has 1 heterocycles. The van der Waals surface area contributed by atoms with Crippen molar-refractivity contribution in [3.8, 4) is 28.5 Å². The van der Waals surface area contributed by atoms with E-state index in [9.17, 15) is 5.26 Å². The molecule has 4 rings (SSSR count). The van der Waals surface area contributed by atoms with Gasteiger partial charge in [0.25, 0.3) is 0 Å². The SMILES string of the molecule is N#CCc1ccc2nc(Cl)nc(-c3cccc(Cl)c3)c2c1-c1ccc(I)cc1. The Balaban J connectivity index is 2.14. The minimum atomic E-state index is 0.170. The van der Waals surface area contributed by atoms with E-state index in [1.807, 2.05) is 60.7 Å². The van der Waals surface area contributed by atoms with Crippen LogP contribution >= 0.6 is 45.8 Å². The standard InChI is InChI=1S/C22H12Cl2IN3/c23-16-3-1-2-15(12-16)21-20-18(27-22(24)28-21)9-6-14(10-11-26)19(20)13-4-7-17(25)8-5-13/h1-9,12H,10H2. The first-order valence-corrected chi connectivity index (χ1v) is 10.3. The highest BCUT2D eigenvalue weighted by atomic mass is 127. The van der Waals surface area contributed by atoms with Gasteiger partial charge in [0.1, 0.15) is 0 Å². The van der Waals surface area contributed by atoms with Crippen LogP contribution in [0.25, 0.3) is 33.3 Å². The molecule has 3 aromatic carbocycles. The van der Waals surface area contributed by atoms with Crippen LogP contribution in [0.1, 0.15) is 5.56 Å². The number of benzene rings is 3. The second-order valence-corrected chi connectivity index (χ2v) is 8.21. The van der Waals surface area contributed by atoms with Gasteiger partial charge in [-0.2, -0.15) is 5.26 Å². The van der Waals surface area contributed by atoms with Crippen LogP contribution in [0.2, 0.25) is 10.3 Å². The van der Waals surface area contributed by atoms with Crippen molar-refractivity contribution >= 4 is 56.7 Å². The van der Waals surface area contributed by atoms with E-state index in [0.29, 0.717) is 10.7 Å². The predicted octanol–water partition coefficient (Wildman–Crippen LogP) is 6.94. The van der Waals surface area contributed by atoms with Crippen LogP contribution < -0.4 is 0 Å². The number of rotatable bonds is 3. The van der Waals surface area contributed by atoms with Crippen LogP contribution in [-0.2, 0) is 6.42 Å². The molecule has 1 aromatic heterocycles. The van der Waals surface area contributed by atoms with Crippen molar-refractivity contribution in [3.63, 3.8) is 0 Å². The van der Waals surface area contributed by atoms with Gasteiger partial charge in [-0.1, -0.05) is 41.9 Å². The molecule has 4 aromatic rings. The molecule has 0 aliphatic carbocycles. The molecule has 0 amide bonds. The largest absolute Gasteiger partial charge is 0.223 e. The molecule has 0 spiro atoms. The van der Waals surface area contributed by atoms with Gasteiger partial charge >= 0.3 is 0 Å². The van der Waals surface area contributed by atoms with Gasteiger partial charge in [0.05, 0.1) is 23.7 Å². The van der Waals surface area contributed by atoms with Crippen molar-refractivity contribution in [2.45, 2.75) is 6.42 Å². The highest BCUT2D eigenvalue weighted by Gasteiger charge is 2.18. The third-order valence-electron chi connectivity index (χ3n) is 4.42. The third kappa shape index (κ3) is 3.70. The molecule has 0 unspecified atom stereocenters. The monoisotopic (exact) mass is 515 g/mol. The van der Waals surface area contributed by atoms with E-state index in [4.69, 9.17) is 23.2 Å². The van der Waals surface area contributed by atoms with E-state index in [-0.39, 0.29) is 11.7 Å². The summed E-state index contributed by atoms with van der Waals surface area (Å²) in [6.45, 7) is 0. The topological polar surface area (TPSA) is 49.6 Å². The lowest BCUT2D eigenvalue weighted by atomic mass is 9.91. The van der Waals surface area contributed by atoms with Crippen molar-refractivity contribution in [2.24, 2.45) is 0 Å². The zero-order chi connectivity index (χ0) is 19.7. The maximum absolute atomic E-state index is 9.35. The summed E-state index contributed by atoms with van der Waals surface area (Å²) in [5, 5.41) is 11.0. The quantitative estimate of drug-likeness (QED) is 0.219. The first kappa shape index (κ1) is 19.1. The second kappa shape index (κ2) is 8.04. The number of halogens is 3. The Morgan fingerprint density at radius 2 is 1.71 bits per heavy atom.